The number of ether oxygens (including phenoxy) is 1. The fourth-order valence-corrected chi connectivity index (χ4v) is 9.49. The lowest BCUT2D eigenvalue weighted by molar-refractivity contribution is -0.142. The maximum absolute atomic E-state index is 14.1. The lowest BCUT2D eigenvalue weighted by Gasteiger charge is -2.43. The SMILES string of the molecule is Bc1cc(C[C@@H](OC(=O)N2CCC(N3CCc4ccccc4NC3=O)CC2)C(=O)N2CCC(N3CCN(S(=O)(=O)N(C)C)CC3)CC2)cc(Br)c1O. The molecule has 0 aliphatic carbocycles. The number of para-hydroxylation sites is 1. The monoisotopic (exact) mass is 801 g/mol. The maximum Gasteiger partial charge on any atom is 0.410 e. The van der Waals surface area contributed by atoms with Crippen LogP contribution < -0.4 is 10.8 Å². The number of halogens is 1. The Hall–Kier alpha value is -3.38. The van der Waals surface area contributed by atoms with Crippen molar-refractivity contribution in [2.24, 2.45) is 0 Å². The summed E-state index contributed by atoms with van der Waals surface area (Å²) in [7, 11) is 1.41. The third-order valence-corrected chi connectivity index (χ3v) is 13.5. The Morgan fingerprint density at radius 3 is 2.25 bits per heavy atom. The minimum Gasteiger partial charge on any atom is -0.507 e. The highest BCUT2D eigenvalue weighted by Gasteiger charge is 2.37. The average Bonchev–Trinajstić information content (AvgIpc) is 3.31. The molecule has 4 aliphatic heterocycles. The number of hydrogen-bond donors (Lipinski definition) is 2. The molecule has 0 aromatic heterocycles. The van der Waals surface area contributed by atoms with Crippen LogP contribution >= 0.6 is 15.9 Å². The average molecular weight is 803 g/mol. The van der Waals surface area contributed by atoms with Gasteiger partial charge in [-0.3, -0.25) is 9.69 Å². The van der Waals surface area contributed by atoms with Crippen LogP contribution in [0.1, 0.15) is 36.8 Å². The van der Waals surface area contributed by atoms with E-state index in [9.17, 15) is 27.9 Å². The van der Waals surface area contributed by atoms with Crippen LogP contribution in [0.15, 0.2) is 40.9 Å². The minimum absolute atomic E-state index is 0.0187. The quantitative estimate of drug-likeness (QED) is 0.382. The van der Waals surface area contributed by atoms with Gasteiger partial charge in [-0.05, 0) is 76.8 Å². The van der Waals surface area contributed by atoms with Crippen molar-refractivity contribution in [1.29, 1.82) is 0 Å². The highest BCUT2D eigenvalue weighted by molar-refractivity contribution is 9.10. The van der Waals surface area contributed by atoms with E-state index in [0.29, 0.717) is 81.7 Å². The Kier molecular flexibility index (Phi) is 12.0. The molecule has 0 bridgehead atoms. The highest BCUT2D eigenvalue weighted by Crippen LogP contribution is 2.27. The zero-order valence-electron chi connectivity index (χ0n) is 30.2. The molecule has 2 N–H and O–H groups in total. The van der Waals surface area contributed by atoms with E-state index in [0.717, 1.165) is 36.1 Å². The van der Waals surface area contributed by atoms with Gasteiger partial charge in [-0.2, -0.15) is 17.0 Å². The third kappa shape index (κ3) is 8.54. The number of amides is 4. The van der Waals surface area contributed by atoms with E-state index < -0.39 is 22.4 Å². The molecule has 4 aliphatic rings. The van der Waals surface area contributed by atoms with Gasteiger partial charge in [0.2, 0.25) is 0 Å². The number of piperazine rings is 1. The van der Waals surface area contributed by atoms with E-state index in [1.54, 1.807) is 43.9 Å². The second kappa shape index (κ2) is 16.3. The molecule has 0 spiro atoms. The highest BCUT2D eigenvalue weighted by atomic mass is 79.9. The van der Waals surface area contributed by atoms with Crippen LogP contribution in [-0.2, 0) is 32.6 Å². The number of nitrogens with zero attached hydrogens (tertiary/aromatic N) is 6. The molecule has 282 valence electrons. The standard InChI is InChI=1S/C35H49BBrN7O7S/c1-39(2)52(49,50)43-19-17-40(18-20-43)26-8-12-41(13-9-26)33(46)31(23-24-21-28(36)32(45)29(37)22-24)51-35(48)42-14-10-27(11-15-42)44-16-7-25-5-3-4-6-30(25)38-34(44)47/h3-6,21-22,26-27,31,45H,7-20,23,36H2,1-2H3,(H,38,47)/t31-/m1/s1. The predicted molar refractivity (Wildman–Crippen MR) is 204 cm³/mol. The first-order valence-electron chi connectivity index (χ1n) is 18.1. The molecule has 2 aromatic rings. The van der Waals surface area contributed by atoms with Gasteiger partial charge in [0.05, 0.1) is 4.47 Å². The summed E-state index contributed by atoms with van der Waals surface area (Å²) >= 11 is 3.40. The summed E-state index contributed by atoms with van der Waals surface area (Å²) in [5.41, 5.74) is 3.33. The summed E-state index contributed by atoms with van der Waals surface area (Å²) in [6, 6.07) is 11.4. The summed E-state index contributed by atoms with van der Waals surface area (Å²) in [5, 5.41) is 13.3. The van der Waals surface area contributed by atoms with Gasteiger partial charge in [0, 0.05) is 97.2 Å². The van der Waals surface area contributed by atoms with E-state index >= 15 is 0 Å². The molecule has 0 radical (unpaired) electrons. The number of carbonyl (C=O) groups is 3. The molecule has 0 unspecified atom stereocenters. The number of rotatable bonds is 8. The Bertz CT molecular complexity index is 1720. The Balaban J connectivity index is 1.06. The van der Waals surface area contributed by atoms with E-state index in [1.807, 2.05) is 29.2 Å². The number of urea groups is 1. The number of fused-ring (bicyclic) bond motifs is 1. The molecule has 6 rings (SSSR count). The van der Waals surface area contributed by atoms with E-state index in [1.165, 1.54) is 8.61 Å². The van der Waals surface area contributed by atoms with E-state index in [2.05, 4.69) is 26.1 Å². The maximum atomic E-state index is 14.1. The topological polar surface area (TPSA) is 146 Å². The second-order valence-corrected chi connectivity index (χ2v) is 17.3. The van der Waals surface area contributed by atoms with Crippen LogP contribution in [-0.4, -0.2) is 159 Å². The summed E-state index contributed by atoms with van der Waals surface area (Å²) in [6.45, 7) is 4.52. The van der Waals surface area contributed by atoms with Crippen molar-refractivity contribution < 1.29 is 32.6 Å². The zero-order valence-corrected chi connectivity index (χ0v) is 32.6. The molecular formula is C35H49BBrN7O7S. The van der Waals surface area contributed by atoms with Crippen LogP contribution in [0.2, 0.25) is 0 Å². The number of piperidine rings is 2. The first-order valence-corrected chi connectivity index (χ1v) is 20.3. The van der Waals surface area contributed by atoms with Crippen LogP contribution in [0.25, 0.3) is 0 Å². The molecule has 3 saturated heterocycles. The third-order valence-electron chi connectivity index (χ3n) is 10.9. The fourth-order valence-electron chi connectivity index (χ4n) is 7.80. The van der Waals surface area contributed by atoms with Gasteiger partial charge in [0.1, 0.15) is 13.6 Å². The number of anilines is 1. The zero-order chi connectivity index (χ0) is 37.2. The summed E-state index contributed by atoms with van der Waals surface area (Å²) in [6.07, 6.45) is 1.96. The van der Waals surface area contributed by atoms with Crippen LogP contribution in [0, 0.1) is 0 Å². The Morgan fingerprint density at radius 2 is 1.60 bits per heavy atom. The molecule has 0 saturated carbocycles. The molecule has 4 heterocycles. The second-order valence-electron chi connectivity index (χ2n) is 14.4. The lowest BCUT2D eigenvalue weighted by atomic mass is 9.91. The Morgan fingerprint density at radius 1 is 0.962 bits per heavy atom. The normalized spacial score (nSPS) is 20.7. The molecule has 14 nitrogen and oxygen atoms in total. The Labute approximate surface area is 315 Å². The summed E-state index contributed by atoms with van der Waals surface area (Å²) in [4.78, 5) is 48.5. The number of phenolic OH excluding ortho intramolecular Hbond substituents is 1. The smallest absolute Gasteiger partial charge is 0.410 e. The predicted octanol–water partition coefficient (Wildman–Crippen LogP) is 1.43. The lowest BCUT2D eigenvalue weighted by Crippen LogP contribution is -2.57. The number of aromatic hydroxyl groups is 1. The van der Waals surface area contributed by atoms with E-state index in [-0.39, 0.29) is 36.2 Å². The number of benzene rings is 2. The van der Waals surface area contributed by atoms with Crippen molar-refractivity contribution in [2.45, 2.75) is 56.7 Å². The van der Waals surface area contributed by atoms with Crippen LogP contribution in [0.5, 0.6) is 5.75 Å². The fraction of sp³-hybridized carbons (Fsp3) is 0.571. The van der Waals surface area contributed by atoms with Gasteiger partial charge >= 0.3 is 12.1 Å². The van der Waals surface area contributed by atoms with Crippen molar-refractivity contribution in [2.75, 3.05) is 78.3 Å². The van der Waals surface area contributed by atoms with Crippen molar-refractivity contribution in [3.05, 3.63) is 52.0 Å². The van der Waals surface area contributed by atoms with Crippen molar-refractivity contribution in [1.82, 2.24) is 28.2 Å². The first kappa shape index (κ1) is 38.4. The van der Waals surface area contributed by atoms with Crippen LogP contribution in [0.4, 0.5) is 15.3 Å². The molecule has 52 heavy (non-hydrogen) atoms. The first-order chi connectivity index (χ1) is 24.8. The van der Waals surface area contributed by atoms with Crippen molar-refractivity contribution in [3.63, 3.8) is 0 Å². The molecule has 1 atom stereocenters. The summed E-state index contributed by atoms with van der Waals surface area (Å²) < 4.78 is 34.4. The van der Waals surface area contributed by atoms with Gasteiger partial charge in [-0.1, -0.05) is 24.3 Å². The number of hydrogen-bond acceptors (Lipinski definition) is 8. The number of likely N-dealkylation sites (tertiary alicyclic amines) is 2. The van der Waals surface area contributed by atoms with Crippen LogP contribution in [0.3, 0.4) is 0 Å². The van der Waals surface area contributed by atoms with Crippen molar-refractivity contribution >= 4 is 63.2 Å². The van der Waals surface area contributed by atoms with Gasteiger partial charge in [-0.15, -0.1) is 0 Å². The van der Waals surface area contributed by atoms with Gasteiger partial charge in [-0.25, -0.2) is 9.59 Å². The molecule has 2 aromatic carbocycles. The van der Waals surface area contributed by atoms with E-state index in [4.69, 9.17) is 4.74 Å². The molecule has 3 fully saturated rings. The molecule has 4 amide bonds. The number of phenols is 1. The van der Waals surface area contributed by atoms with Crippen molar-refractivity contribution in [3.8, 4) is 5.75 Å². The van der Waals surface area contributed by atoms with Gasteiger partial charge < -0.3 is 29.9 Å². The van der Waals surface area contributed by atoms with Gasteiger partial charge in [0.25, 0.3) is 16.1 Å². The number of nitrogens with one attached hydrogen (secondary N) is 1. The van der Waals surface area contributed by atoms with Gasteiger partial charge in [0.15, 0.2) is 6.10 Å². The molecular weight excluding hydrogens is 753 g/mol. The largest absolute Gasteiger partial charge is 0.507 e. The minimum atomic E-state index is -3.45. The molecule has 17 heteroatoms. The number of carbonyl (C=O) groups excluding carboxylic acids is 3. The summed E-state index contributed by atoms with van der Waals surface area (Å²) in [5.74, 6) is -0.137.